The molecule has 0 heterocycles. The highest BCUT2D eigenvalue weighted by molar-refractivity contribution is 6.24. The number of likely N-dealkylation sites (N-methyl/N-ethyl adjacent to an activating group) is 1. The Hall–Kier alpha value is -3.61. The number of carbonyl (C=O) groups excluding carboxylic acids is 3. The first-order valence-electron chi connectivity index (χ1n) is 13.0. The van der Waals surface area contributed by atoms with Gasteiger partial charge in [-0.2, -0.15) is 0 Å². The minimum Gasteiger partial charge on any atom is -0.510 e. The van der Waals surface area contributed by atoms with E-state index < -0.39 is 58.0 Å². The number of Topliss-reactive ketones (excluding diaryl/α,β-unsaturated/α-hetero) is 2. The van der Waals surface area contributed by atoms with Crippen molar-refractivity contribution in [2.75, 3.05) is 14.1 Å². The monoisotopic (exact) mass is 520 g/mol. The van der Waals surface area contributed by atoms with Crippen molar-refractivity contribution in [2.45, 2.75) is 56.6 Å². The zero-order chi connectivity index (χ0) is 27.5. The van der Waals surface area contributed by atoms with Gasteiger partial charge < -0.3 is 26.2 Å². The predicted molar refractivity (Wildman–Crippen MR) is 137 cm³/mol. The molecule has 4 atom stereocenters. The Kier molecular flexibility index (Phi) is 6.36. The van der Waals surface area contributed by atoms with E-state index in [2.05, 4.69) is 11.8 Å². The summed E-state index contributed by atoms with van der Waals surface area (Å²) in [6.07, 6.45) is 5.82. The van der Waals surface area contributed by atoms with Gasteiger partial charge in [0.05, 0.1) is 11.6 Å². The average Bonchev–Trinajstić information content (AvgIpc) is 2.86. The molecular formula is C29H32N2O7. The maximum Gasteiger partial charge on any atom is 0.255 e. The Morgan fingerprint density at radius 1 is 1.11 bits per heavy atom. The lowest BCUT2D eigenvalue weighted by atomic mass is 9.58. The normalized spacial score (nSPS) is 29.4. The third kappa shape index (κ3) is 3.74. The van der Waals surface area contributed by atoms with Gasteiger partial charge in [-0.3, -0.25) is 19.3 Å². The fourth-order valence-electron chi connectivity index (χ4n) is 6.79. The molecule has 1 amide bonds. The third-order valence-corrected chi connectivity index (χ3v) is 8.62. The molecular weight excluding hydrogens is 488 g/mol. The number of amides is 1. The first-order valence-corrected chi connectivity index (χ1v) is 13.0. The molecule has 1 saturated carbocycles. The average molecular weight is 521 g/mol. The van der Waals surface area contributed by atoms with Crippen LogP contribution in [0, 0.1) is 29.6 Å². The minimum absolute atomic E-state index is 0.0128. The number of nitrogens with zero attached hydrogens (tertiary/aromatic N) is 1. The van der Waals surface area contributed by atoms with E-state index in [1.165, 1.54) is 17.4 Å². The molecule has 9 nitrogen and oxygen atoms in total. The summed E-state index contributed by atoms with van der Waals surface area (Å²) in [6, 6.07) is 2.06. The number of aromatic hydroxyl groups is 1. The van der Waals surface area contributed by atoms with Crippen LogP contribution in [0.15, 0.2) is 34.8 Å². The van der Waals surface area contributed by atoms with Crippen LogP contribution in [0.1, 0.15) is 60.0 Å². The Balaban J connectivity index is 1.64. The highest BCUT2D eigenvalue weighted by Gasteiger charge is 2.63. The van der Waals surface area contributed by atoms with Crippen LogP contribution in [0.2, 0.25) is 0 Å². The minimum atomic E-state index is -2.64. The quantitative estimate of drug-likeness (QED) is 0.292. The van der Waals surface area contributed by atoms with Crippen LogP contribution < -0.4 is 5.73 Å². The van der Waals surface area contributed by atoms with Gasteiger partial charge in [0.1, 0.15) is 22.8 Å². The number of phenolic OH excluding ortho intramolecular Hbond substituents is 1. The summed E-state index contributed by atoms with van der Waals surface area (Å²) in [5, 5.41) is 44.5. The van der Waals surface area contributed by atoms with Crippen molar-refractivity contribution in [1.82, 2.24) is 4.90 Å². The molecule has 0 saturated heterocycles. The van der Waals surface area contributed by atoms with E-state index in [0.29, 0.717) is 11.1 Å². The second-order valence-electron chi connectivity index (χ2n) is 11.1. The topological polar surface area (TPSA) is 161 Å². The molecule has 1 fully saturated rings. The number of ketones is 2. The summed E-state index contributed by atoms with van der Waals surface area (Å²) in [5.41, 5.74) is 2.91. The van der Waals surface area contributed by atoms with E-state index in [0.717, 1.165) is 25.7 Å². The first kappa shape index (κ1) is 26.0. The molecule has 1 aromatic carbocycles. The smallest absolute Gasteiger partial charge is 0.255 e. The van der Waals surface area contributed by atoms with Gasteiger partial charge in [0, 0.05) is 23.0 Å². The number of phenols is 1. The van der Waals surface area contributed by atoms with Gasteiger partial charge >= 0.3 is 0 Å². The van der Waals surface area contributed by atoms with Crippen LogP contribution in [0.5, 0.6) is 5.75 Å². The highest BCUT2D eigenvalue weighted by Crippen LogP contribution is 2.52. The van der Waals surface area contributed by atoms with Gasteiger partial charge in [0.2, 0.25) is 5.78 Å². The summed E-state index contributed by atoms with van der Waals surface area (Å²) < 4.78 is 0. The number of allylic oxidation sites excluding steroid dienone is 1. The molecule has 9 heteroatoms. The fourth-order valence-corrected chi connectivity index (χ4v) is 6.79. The molecule has 0 bridgehead atoms. The Morgan fingerprint density at radius 3 is 2.42 bits per heavy atom. The summed E-state index contributed by atoms with van der Waals surface area (Å²) in [6.45, 7) is 0. The van der Waals surface area contributed by atoms with Crippen LogP contribution in [-0.2, 0) is 16.0 Å². The van der Waals surface area contributed by atoms with Crippen molar-refractivity contribution in [3.05, 3.63) is 51.5 Å². The highest BCUT2D eigenvalue weighted by atomic mass is 16.3. The van der Waals surface area contributed by atoms with Gasteiger partial charge in [-0.05, 0) is 63.4 Å². The van der Waals surface area contributed by atoms with Crippen molar-refractivity contribution < 1.29 is 34.8 Å². The van der Waals surface area contributed by atoms with Gasteiger partial charge in [0.15, 0.2) is 11.4 Å². The van der Waals surface area contributed by atoms with Gasteiger partial charge in [-0.1, -0.05) is 31.1 Å². The molecule has 1 aromatic rings. The lowest BCUT2D eigenvalue weighted by Gasteiger charge is -2.50. The number of fused-ring (bicyclic) bond motifs is 3. The van der Waals surface area contributed by atoms with Crippen LogP contribution in [-0.4, -0.2) is 68.5 Å². The zero-order valence-electron chi connectivity index (χ0n) is 21.5. The number of aliphatic hydroxyl groups is 3. The van der Waals surface area contributed by atoms with Gasteiger partial charge in [-0.25, -0.2) is 0 Å². The Labute approximate surface area is 220 Å². The van der Waals surface area contributed by atoms with Crippen molar-refractivity contribution in [3.63, 3.8) is 0 Å². The van der Waals surface area contributed by atoms with Crippen LogP contribution >= 0.6 is 0 Å². The lowest BCUT2D eigenvalue weighted by molar-refractivity contribution is -0.148. The molecule has 4 aliphatic rings. The predicted octanol–water partition coefficient (Wildman–Crippen LogP) is 2.05. The molecule has 0 radical (unpaired) electrons. The summed E-state index contributed by atoms with van der Waals surface area (Å²) >= 11 is 0. The fraction of sp³-hybridized carbons (Fsp3) is 0.483. The van der Waals surface area contributed by atoms with Crippen molar-refractivity contribution in [3.8, 4) is 17.6 Å². The Bertz CT molecular complexity index is 1370. The van der Waals surface area contributed by atoms with Crippen molar-refractivity contribution in [1.29, 1.82) is 0 Å². The summed E-state index contributed by atoms with van der Waals surface area (Å²) in [4.78, 5) is 40.7. The SMILES string of the molecule is CN(C)[C@@H]1C(O)=C(C(N)=O)C(=O)[C@@]2(O)C(O)=C3C(=O)c4c(O)ccc(C#CC5CCCCC5)c4C[C@H]3C[C@@H]12. The lowest BCUT2D eigenvalue weighted by Crippen LogP contribution is -2.63. The molecule has 0 unspecified atom stereocenters. The number of carbonyl (C=O) groups is 3. The molecule has 0 spiro atoms. The van der Waals surface area contributed by atoms with E-state index in [1.807, 2.05) is 0 Å². The molecule has 4 aliphatic carbocycles. The first-order chi connectivity index (χ1) is 18.0. The zero-order valence-corrected chi connectivity index (χ0v) is 21.5. The molecule has 38 heavy (non-hydrogen) atoms. The van der Waals surface area contributed by atoms with E-state index >= 15 is 0 Å². The number of benzene rings is 1. The maximum absolute atomic E-state index is 13.7. The van der Waals surface area contributed by atoms with E-state index in [-0.39, 0.29) is 35.6 Å². The van der Waals surface area contributed by atoms with E-state index in [4.69, 9.17) is 5.73 Å². The third-order valence-electron chi connectivity index (χ3n) is 8.62. The number of primary amides is 1. The van der Waals surface area contributed by atoms with E-state index in [9.17, 15) is 34.8 Å². The van der Waals surface area contributed by atoms with Crippen LogP contribution in [0.4, 0.5) is 0 Å². The molecule has 0 aliphatic heterocycles. The summed E-state index contributed by atoms with van der Waals surface area (Å²) in [7, 11) is 3.20. The maximum atomic E-state index is 13.7. The number of aliphatic hydroxyl groups excluding tert-OH is 2. The number of hydrogen-bond acceptors (Lipinski definition) is 8. The van der Waals surface area contributed by atoms with Crippen LogP contribution in [0.25, 0.3) is 0 Å². The summed E-state index contributed by atoms with van der Waals surface area (Å²) in [5.74, 6) is 0.231. The number of rotatable bonds is 2. The second kappa shape index (κ2) is 9.29. The van der Waals surface area contributed by atoms with Crippen molar-refractivity contribution >= 4 is 17.5 Å². The van der Waals surface area contributed by atoms with Gasteiger partial charge in [-0.15, -0.1) is 0 Å². The number of hydrogen-bond donors (Lipinski definition) is 5. The molecule has 0 aromatic heterocycles. The second-order valence-corrected chi connectivity index (χ2v) is 11.1. The molecule has 6 N–H and O–H groups in total. The standard InChI is InChI=1S/C29H32N2O7/c1-31(2)23-18-13-16-12-17-15(9-8-14-6-4-3-5-7-14)10-11-19(32)21(17)24(33)20(16)26(35)29(18,38)27(36)22(25(23)34)28(30)37/h10-11,14,16,18,23,32,34-35,38H,3-7,12-13H2,1-2H3,(H2,30,37)/t16-,18-,23-,29-/m0/s1. The van der Waals surface area contributed by atoms with E-state index in [1.54, 1.807) is 20.2 Å². The Morgan fingerprint density at radius 2 is 1.79 bits per heavy atom. The van der Waals surface area contributed by atoms with Crippen molar-refractivity contribution in [2.24, 2.45) is 23.5 Å². The number of nitrogens with two attached hydrogens (primary N) is 1. The van der Waals surface area contributed by atoms with Gasteiger partial charge in [0.25, 0.3) is 5.91 Å². The van der Waals surface area contributed by atoms with Crippen LogP contribution in [0.3, 0.4) is 0 Å². The largest absolute Gasteiger partial charge is 0.510 e. The molecule has 200 valence electrons. The molecule has 5 rings (SSSR count).